The van der Waals surface area contributed by atoms with Crippen molar-refractivity contribution in [1.82, 2.24) is 14.6 Å². The zero-order chi connectivity index (χ0) is 14.1. The summed E-state index contributed by atoms with van der Waals surface area (Å²) in [6.07, 6.45) is 1.91. The summed E-state index contributed by atoms with van der Waals surface area (Å²) >= 11 is 3.46. The van der Waals surface area contributed by atoms with Gasteiger partial charge in [0.15, 0.2) is 11.5 Å². The molecule has 0 aliphatic heterocycles. The molecular formula is C14H12BrN3O2. The number of aromatic nitrogens is 3. The predicted octanol–water partition coefficient (Wildman–Crippen LogP) is 3.18. The summed E-state index contributed by atoms with van der Waals surface area (Å²) in [6.45, 7) is 0. The number of fused-ring (bicyclic) bond motifs is 1. The maximum absolute atomic E-state index is 5.42. The molecule has 2 heterocycles. The summed E-state index contributed by atoms with van der Waals surface area (Å²) in [5.74, 6) is 2.06. The molecule has 0 N–H and O–H groups in total. The van der Waals surface area contributed by atoms with Crippen LogP contribution in [0, 0.1) is 0 Å². The van der Waals surface area contributed by atoms with Gasteiger partial charge in [-0.25, -0.2) is 0 Å². The number of benzene rings is 1. The van der Waals surface area contributed by atoms with Crippen LogP contribution in [0.3, 0.4) is 0 Å². The lowest BCUT2D eigenvalue weighted by Gasteiger charge is -2.11. The molecule has 0 saturated heterocycles. The van der Waals surface area contributed by atoms with E-state index in [0.29, 0.717) is 17.3 Å². The molecule has 0 spiro atoms. The van der Waals surface area contributed by atoms with Gasteiger partial charge >= 0.3 is 0 Å². The molecule has 6 heteroatoms. The Morgan fingerprint density at radius 3 is 2.35 bits per heavy atom. The van der Waals surface area contributed by atoms with E-state index in [1.54, 1.807) is 14.2 Å². The fraction of sp³-hybridized carbons (Fsp3) is 0.143. The molecule has 3 aromatic rings. The van der Waals surface area contributed by atoms with Crippen LogP contribution in [0.4, 0.5) is 0 Å². The van der Waals surface area contributed by atoms with E-state index < -0.39 is 0 Å². The lowest BCUT2D eigenvalue weighted by molar-refractivity contribution is 0.396. The normalized spacial score (nSPS) is 10.8. The first-order chi connectivity index (χ1) is 9.74. The SMILES string of the molecule is COc1cccc(OC)c1-c1nnc2ccc(Br)cn12. The van der Waals surface area contributed by atoms with Crippen LogP contribution in [0.25, 0.3) is 17.0 Å². The van der Waals surface area contributed by atoms with Crippen molar-refractivity contribution in [3.63, 3.8) is 0 Å². The summed E-state index contributed by atoms with van der Waals surface area (Å²) in [6, 6.07) is 9.43. The average Bonchev–Trinajstić information content (AvgIpc) is 2.88. The minimum Gasteiger partial charge on any atom is -0.496 e. The van der Waals surface area contributed by atoms with Gasteiger partial charge in [-0.2, -0.15) is 0 Å². The first kappa shape index (κ1) is 12.9. The van der Waals surface area contributed by atoms with Crippen molar-refractivity contribution in [2.75, 3.05) is 14.2 Å². The van der Waals surface area contributed by atoms with Crippen LogP contribution in [0.15, 0.2) is 41.0 Å². The lowest BCUT2D eigenvalue weighted by atomic mass is 10.1. The second-order valence-corrected chi connectivity index (χ2v) is 5.05. The Morgan fingerprint density at radius 1 is 1.00 bits per heavy atom. The molecule has 0 radical (unpaired) electrons. The first-order valence-corrected chi connectivity index (χ1v) is 6.75. The smallest absolute Gasteiger partial charge is 0.175 e. The predicted molar refractivity (Wildman–Crippen MR) is 79.2 cm³/mol. The standard InChI is InChI=1S/C14H12BrN3O2/c1-19-10-4-3-5-11(20-2)13(10)14-17-16-12-7-6-9(15)8-18(12)14/h3-8H,1-2H3. The van der Waals surface area contributed by atoms with Gasteiger partial charge in [0.05, 0.1) is 14.2 Å². The molecule has 1 aromatic carbocycles. The third-order valence-corrected chi connectivity index (χ3v) is 3.49. The topological polar surface area (TPSA) is 48.7 Å². The highest BCUT2D eigenvalue weighted by Crippen LogP contribution is 2.37. The third-order valence-electron chi connectivity index (χ3n) is 3.02. The van der Waals surface area contributed by atoms with Crippen molar-refractivity contribution >= 4 is 21.6 Å². The number of methoxy groups -OCH3 is 2. The summed E-state index contributed by atoms with van der Waals surface area (Å²) in [5, 5.41) is 8.42. The Hall–Kier alpha value is -2.08. The largest absolute Gasteiger partial charge is 0.496 e. The first-order valence-electron chi connectivity index (χ1n) is 5.96. The van der Waals surface area contributed by atoms with Crippen LogP contribution in [-0.4, -0.2) is 28.8 Å². The minimum absolute atomic E-state index is 0.676. The number of hydrogen-bond acceptors (Lipinski definition) is 4. The minimum atomic E-state index is 0.676. The van der Waals surface area contributed by atoms with Gasteiger partial charge in [0.1, 0.15) is 17.1 Å². The molecule has 20 heavy (non-hydrogen) atoms. The van der Waals surface area contributed by atoms with Crippen LogP contribution in [-0.2, 0) is 0 Å². The Balaban J connectivity index is 2.33. The van der Waals surface area contributed by atoms with E-state index in [1.165, 1.54) is 0 Å². The molecular weight excluding hydrogens is 322 g/mol. The summed E-state index contributed by atoms with van der Waals surface area (Å²) in [5.41, 5.74) is 1.54. The second-order valence-electron chi connectivity index (χ2n) is 4.14. The lowest BCUT2D eigenvalue weighted by Crippen LogP contribution is -1.96. The summed E-state index contributed by atoms with van der Waals surface area (Å²) in [7, 11) is 3.24. The van der Waals surface area contributed by atoms with E-state index in [-0.39, 0.29) is 0 Å². The van der Waals surface area contributed by atoms with E-state index in [1.807, 2.05) is 40.9 Å². The van der Waals surface area contributed by atoms with E-state index in [9.17, 15) is 0 Å². The Bertz CT molecular complexity index is 748. The molecule has 0 amide bonds. The van der Waals surface area contributed by atoms with Crippen LogP contribution >= 0.6 is 15.9 Å². The molecule has 2 aromatic heterocycles. The number of halogens is 1. The monoisotopic (exact) mass is 333 g/mol. The van der Waals surface area contributed by atoms with Crippen molar-refractivity contribution < 1.29 is 9.47 Å². The van der Waals surface area contributed by atoms with E-state index >= 15 is 0 Å². The van der Waals surface area contributed by atoms with Gasteiger partial charge in [-0.1, -0.05) is 6.07 Å². The molecule has 102 valence electrons. The van der Waals surface area contributed by atoms with Crippen molar-refractivity contribution in [3.05, 3.63) is 41.0 Å². The fourth-order valence-electron chi connectivity index (χ4n) is 2.11. The van der Waals surface area contributed by atoms with Crippen molar-refractivity contribution in [2.24, 2.45) is 0 Å². The molecule has 5 nitrogen and oxygen atoms in total. The van der Waals surface area contributed by atoms with Crippen LogP contribution in [0.5, 0.6) is 11.5 Å². The van der Waals surface area contributed by atoms with Gasteiger partial charge in [-0.05, 0) is 40.2 Å². The Labute approximate surface area is 124 Å². The molecule has 3 rings (SSSR count). The molecule has 0 bridgehead atoms. The highest BCUT2D eigenvalue weighted by Gasteiger charge is 2.18. The zero-order valence-corrected chi connectivity index (χ0v) is 12.6. The van der Waals surface area contributed by atoms with Crippen molar-refractivity contribution in [3.8, 4) is 22.9 Å². The quantitative estimate of drug-likeness (QED) is 0.738. The molecule has 0 fully saturated rings. The van der Waals surface area contributed by atoms with Crippen LogP contribution < -0.4 is 9.47 Å². The summed E-state index contributed by atoms with van der Waals surface area (Å²) < 4.78 is 13.7. The van der Waals surface area contributed by atoms with Crippen LogP contribution in [0.2, 0.25) is 0 Å². The van der Waals surface area contributed by atoms with Crippen molar-refractivity contribution in [1.29, 1.82) is 0 Å². The second kappa shape index (κ2) is 5.13. The van der Waals surface area contributed by atoms with Crippen LogP contribution in [0.1, 0.15) is 0 Å². The Kier molecular flexibility index (Phi) is 3.31. The molecule has 0 unspecified atom stereocenters. The van der Waals surface area contributed by atoms with Gasteiger partial charge in [0.25, 0.3) is 0 Å². The average molecular weight is 334 g/mol. The molecule has 0 aliphatic carbocycles. The molecule has 0 saturated carbocycles. The zero-order valence-electron chi connectivity index (χ0n) is 11.0. The van der Waals surface area contributed by atoms with Gasteiger partial charge in [0, 0.05) is 10.7 Å². The number of ether oxygens (including phenoxy) is 2. The number of nitrogens with zero attached hydrogens (tertiary/aromatic N) is 3. The van der Waals surface area contributed by atoms with Crippen molar-refractivity contribution in [2.45, 2.75) is 0 Å². The van der Waals surface area contributed by atoms with E-state index in [0.717, 1.165) is 15.7 Å². The maximum atomic E-state index is 5.42. The molecule has 0 atom stereocenters. The van der Waals surface area contributed by atoms with E-state index in [2.05, 4.69) is 26.1 Å². The number of rotatable bonds is 3. The van der Waals surface area contributed by atoms with Gasteiger partial charge in [-0.3, -0.25) is 4.40 Å². The molecule has 0 aliphatic rings. The van der Waals surface area contributed by atoms with Gasteiger partial charge < -0.3 is 9.47 Å². The fourth-order valence-corrected chi connectivity index (χ4v) is 2.44. The number of pyridine rings is 1. The number of hydrogen-bond donors (Lipinski definition) is 0. The Morgan fingerprint density at radius 2 is 1.70 bits per heavy atom. The third kappa shape index (κ3) is 2.02. The van der Waals surface area contributed by atoms with Gasteiger partial charge in [0.2, 0.25) is 0 Å². The summed E-state index contributed by atoms with van der Waals surface area (Å²) in [4.78, 5) is 0. The maximum Gasteiger partial charge on any atom is 0.175 e. The van der Waals surface area contributed by atoms with Gasteiger partial charge in [-0.15, -0.1) is 10.2 Å². The highest BCUT2D eigenvalue weighted by atomic mass is 79.9. The van der Waals surface area contributed by atoms with E-state index in [4.69, 9.17) is 9.47 Å². The highest BCUT2D eigenvalue weighted by molar-refractivity contribution is 9.10.